The molecule has 0 atom stereocenters. The van der Waals surface area contributed by atoms with Gasteiger partial charge in [-0.1, -0.05) is 68.1 Å². The molecule has 3 rings (SSSR count). The fourth-order valence-corrected chi connectivity index (χ4v) is 3.87. The number of amides is 1. The highest BCUT2D eigenvalue weighted by molar-refractivity contribution is 6.46. The Balaban J connectivity index is 1.66. The summed E-state index contributed by atoms with van der Waals surface area (Å²) in [6, 6.07) is 14.6. The van der Waals surface area contributed by atoms with E-state index >= 15 is 0 Å². The number of carbonyl (C=O) groups excluding carboxylic acids is 4. The molecule has 34 heavy (non-hydrogen) atoms. The Hall–Kier alpha value is -3.61. The maximum absolute atomic E-state index is 13.0. The summed E-state index contributed by atoms with van der Waals surface area (Å²) < 4.78 is 0. The minimum Gasteiger partial charge on any atom is -0.326 e. The van der Waals surface area contributed by atoms with E-state index in [2.05, 4.69) is 10.5 Å². The third-order valence-electron chi connectivity index (χ3n) is 5.88. The van der Waals surface area contributed by atoms with Crippen molar-refractivity contribution in [3.05, 3.63) is 65.7 Å². The van der Waals surface area contributed by atoms with Crippen LogP contribution in [-0.2, 0) is 14.4 Å². The van der Waals surface area contributed by atoms with Crippen LogP contribution in [-0.4, -0.2) is 29.2 Å². The van der Waals surface area contributed by atoms with E-state index in [1.54, 1.807) is 42.5 Å². The van der Waals surface area contributed by atoms with E-state index in [9.17, 15) is 19.2 Å². The van der Waals surface area contributed by atoms with E-state index in [1.165, 1.54) is 18.6 Å². The van der Waals surface area contributed by atoms with Gasteiger partial charge >= 0.3 is 5.97 Å². The lowest BCUT2D eigenvalue weighted by Gasteiger charge is -2.20. The molecule has 0 bridgehead atoms. The van der Waals surface area contributed by atoms with Gasteiger partial charge in [-0.2, -0.15) is 0 Å². The number of hydrogen-bond donors (Lipinski definition) is 1. The topological polar surface area (TPSA) is 102 Å². The molecule has 178 valence electrons. The maximum Gasteiger partial charge on any atom is 0.405 e. The smallest absolute Gasteiger partial charge is 0.326 e. The van der Waals surface area contributed by atoms with Gasteiger partial charge in [-0.3, -0.25) is 14.4 Å². The van der Waals surface area contributed by atoms with Gasteiger partial charge < -0.3 is 10.2 Å². The van der Waals surface area contributed by atoms with Crippen molar-refractivity contribution in [2.24, 2.45) is 11.1 Å². The second-order valence-electron chi connectivity index (χ2n) is 8.45. The van der Waals surface area contributed by atoms with Gasteiger partial charge in [0, 0.05) is 22.7 Å². The summed E-state index contributed by atoms with van der Waals surface area (Å²) in [5.74, 6) is -2.31. The minimum atomic E-state index is -1.14. The van der Waals surface area contributed by atoms with Gasteiger partial charge in [-0.15, -0.1) is 0 Å². The van der Waals surface area contributed by atoms with Crippen molar-refractivity contribution in [3.8, 4) is 0 Å². The van der Waals surface area contributed by atoms with Crippen LogP contribution < -0.4 is 5.32 Å². The number of oxime groups is 1. The van der Waals surface area contributed by atoms with Gasteiger partial charge in [-0.05, 0) is 49.9 Å². The average Bonchev–Trinajstić information content (AvgIpc) is 2.89. The van der Waals surface area contributed by atoms with Crippen LogP contribution in [0.15, 0.2) is 59.8 Å². The molecule has 2 aromatic carbocycles. The second-order valence-corrected chi connectivity index (χ2v) is 8.45. The van der Waals surface area contributed by atoms with Crippen molar-refractivity contribution >= 4 is 34.8 Å². The van der Waals surface area contributed by atoms with Gasteiger partial charge in [0.25, 0.3) is 5.78 Å². The molecule has 0 saturated heterocycles. The average molecular weight is 463 g/mol. The number of rotatable bonds is 10. The number of hydrogen-bond acceptors (Lipinski definition) is 6. The molecule has 2 aromatic rings. The SMILES string of the molecule is CCCC/C(=N\OC(=O)C(=O)c1ccccc1)C(=O)c1ccc(NC(=O)C2CCCCC2)cc1. The summed E-state index contributed by atoms with van der Waals surface area (Å²) in [7, 11) is 0. The molecule has 7 nitrogen and oxygen atoms in total. The van der Waals surface area contributed by atoms with Gasteiger partial charge in [0.1, 0.15) is 5.71 Å². The Morgan fingerprint density at radius 1 is 0.882 bits per heavy atom. The largest absolute Gasteiger partial charge is 0.405 e. The summed E-state index contributed by atoms with van der Waals surface area (Å²) in [4.78, 5) is 54.6. The zero-order chi connectivity index (χ0) is 24.3. The van der Waals surface area contributed by atoms with Crippen molar-refractivity contribution in [1.82, 2.24) is 0 Å². The third-order valence-corrected chi connectivity index (χ3v) is 5.88. The minimum absolute atomic E-state index is 0.0129. The predicted octanol–water partition coefficient (Wildman–Crippen LogP) is 5.36. The predicted molar refractivity (Wildman–Crippen MR) is 130 cm³/mol. The molecule has 7 heteroatoms. The second kappa shape index (κ2) is 12.6. The Kier molecular flexibility index (Phi) is 9.26. The van der Waals surface area contributed by atoms with Gasteiger partial charge in [0.05, 0.1) is 0 Å². The van der Waals surface area contributed by atoms with E-state index in [4.69, 9.17) is 4.84 Å². The number of ketones is 2. The highest BCUT2D eigenvalue weighted by Gasteiger charge is 2.22. The van der Waals surface area contributed by atoms with Crippen LogP contribution >= 0.6 is 0 Å². The lowest BCUT2D eigenvalue weighted by atomic mass is 9.88. The molecule has 1 fully saturated rings. The molecule has 0 aromatic heterocycles. The van der Waals surface area contributed by atoms with Gasteiger partial charge in [0.15, 0.2) is 0 Å². The molecule has 0 aliphatic heterocycles. The van der Waals surface area contributed by atoms with Crippen molar-refractivity contribution in [1.29, 1.82) is 0 Å². The van der Waals surface area contributed by atoms with E-state index in [0.29, 0.717) is 24.1 Å². The van der Waals surface area contributed by atoms with Crippen molar-refractivity contribution in [2.45, 2.75) is 58.3 Å². The highest BCUT2D eigenvalue weighted by atomic mass is 16.7. The molecule has 1 aliphatic rings. The number of nitrogens with zero attached hydrogens (tertiary/aromatic N) is 1. The first-order chi connectivity index (χ1) is 16.5. The third kappa shape index (κ3) is 6.94. The summed E-state index contributed by atoms with van der Waals surface area (Å²) in [6.07, 6.45) is 6.94. The van der Waals surface area contributed by atoms with E-state index in [-0.39, 0.29) is 23.1 Å². The van der Waals surface area contributed by atoms with Crippen LogP contribution in [0.1, 0.15) is 79.0 Å². The first-order valence-electron chi connectivity index (χ1n) is 11.8. The Morgan fingerprint density at radius 2 is 1.53 bits per heavy atom. The lowest BCUT2D eigenvalue weighted by molar-refractivity contribution is -0.138. The Bertz CT molecular complexity index is 1040. The molecule has 0 heterocycles. The highest BCUT2D eigenvalue weighted by Crippen LogP contribution is 2.25. The first-order valence-corrected chi connectivity index (χ1v) is 11.8. The quantitative estimate of drug-likeness (QED) is 0.168. The zero-order valence-electron chi connectivity index (χ0n) is 19.4. The Labute approximate surface area is 199 Å². The van der Waals surface area contributed by atoms with Crippen molar-refractivity contribution in [2.75, 3.05) is 5.32 Å². The van der Waals surface area contributed by atoms with E-state index in [0.717, 1.165) is 32.1 Å². The molecule has 1 aliphatic carbocycles. The number of nitrogens with one attached hydrogen (secondary N) is 1. The normalized spacial score (nSPS) is 14.3. The molecule has 1 saturated carbocycles. The van der Waals surface area contributed by atoms with Crippen LogP contribution in [0.5, 0.6) is 0 Å². The summed E-state index contributed by atoms with van der Waals surface area (Å²) in [5.41, 5.74) is 1.24. The van der Waals surface area contributed by atoms with Crippen LogP contribution in [0.2, 0.25) is 0 Å². The number of carbonyl (C=O) groups is 4. The van der Waals surface area contributed by atoms with Crippen LogP contribution in [0.4, 0.5) is 5.69 Å². The maximum atomic E-state index is 13.0. The van der Waals surface area contributed by atoms with Crippen LogP contribution in [0.25, 0.3) is 0 Å². The van der Waals surface area contributed by atoms with Crippen LogP contribution in [0.3, 0.4) is 0 Å². The number of anilines is 1. The molecule has 1 amide bonds. The molecule has 0 radical (unpaired) electrons. The first kappa shape index (κ1) is 25.0. The van der Waals surface area contributed by atoms with Crippen molar-refractivity contribution < 1.29 is 24.0 Å². The van der Waals surface area contributed by atoms with Gasteiger partial charge in [-0.25, -0.2) is 4.79 Å². The fourth-order valence-electron chi connectivity index (χ4n) is 3.87. The number of benzene rings is 2. The summed E-state index contributed by atoms with van der Waals surface area (Å²) >= 11 is 0. The van der Waals surface area contributed by atoms with Gasteiger partial charge in [0.2, 0.25) is 11.7 Å². The summed E-state index contributed by atoms with van der Waals surface area (Å²) in [5, 5.41) is 6.67. The van der Waals surface area contributed by atoms with E-state index in [1.807, 2.05) is 6.92 Å². The monoisotopic (exact) mass is 462 g/mol. The summed E-state index contributed by atoms with van der Waals surface area (Å²) in [6.45, 7) is 1.97. The number of unbranched alkanes of at least 4 members (excludes halogenated alkanes) is 1. The zero-order valence-corrected chi connectivity index (χ0v) is 19.4. The molecule has 0 unspecified atom stereocenters. The molecular formula is C27H30N2O5. The molecular weight excluding hydrogens is 432 g/mol. The number of Topliss-reactive ketones (excluding diaryl/α,β-unsaturated/α-hetero) is 2. The van der Waals surface area contributed by atoms with Crippen molar-refractivity contribution in [3.63, 3.8) is 0 Å². The Morgan fingerprint density at radius 3 is 2.18 bits per heavy atom. The van der Waals surface area contributed by atoms with E-state index < -0.39 is 17.5 Å². The lowest BCUT2D eigenvalue weighted by Crippen LogP contribution is -2.24. The van der Waals surface area contributed by atoms with Crippen LogP contribution in [0, 0.1) is 5.92 Å². The fraction of sp³-hybridized carbons (Fsp3) is 0.370. The standard InChI is InChI=1S/C27H30N2O5/c1-2-3-14-23(29-34-27(33)25(31)19-10-6-4-7-11-19)24(30)20-15-17-22(18-16-20)28-26(32)21-12-8-5-9-13-21/h4,6-7,10-11,15-18,21H,2-3,5,8-9,12-14H2,1H3,(H,28,32)/b29-23+. The molecule has 1 N–H and O–H groups in total. The molecule has 0 spiro atoms.